The van der Waals surface area contributed by atoms with Gasteiger partial charge in [0.25, 0.3) is 11.1 Å². The molecule has 3 aliphatic heterocycles. The Hall–Kier alpha value is -4.33. The van der Waals surface area contributed by atoms with Gasteiger partial charge in [-0.25, -0.2) is 19.1 Å². The highest BCUT2D eigenvalue weighted by Crippen LogP contribution is 2.53. The number of rotatable bonds is 17. The molecule has 0 radical (unpaired) electrons. The number of phosphoric ester groups is 2. The molecule has 0 aromatic carbocycles. The Bertz CT molecular complexity index is 2430. The average molecular weight is 937 g/mol. The minimum atomic E-state index is -5.24. The summed E-state index contributed by atoms with van der Waals surface area (Å²) in [5, 5.41) is 14.0. The second kappa shape index (κ2) is 20.2. The lowest BCUT2D eigenvalue weighted by Gasteiger charge is -2.29. The van der Waals surface area contributed by atoms with Gasteiger partial charge in [-0.15, -0.1) is 0 Å². The molecule has 32 heteroatoms. The van der Waals surface area contributed by atoms with Gasteiger partial charge in [-0.3, -0.25) is 51.6 Å². The van der Waals surface area contributed by atoms with Crippen molar-refractivity contribution in [1.82, 2.24) is 44.4 Å². The number of nitrogens with zero attached hydrogens (tertiary/aromatic N) is 6. The number of phosphoric acid groups is 2. The Morgan fingerprint density at radius 2 is 1.22 bits per heavy atom. The number of ether oxygens (including phenoxy) is 6. The van der Waals surface area contributed by atoms with Crippen LogP contribution in [0.2, 0.25) is 0 Å². The van der Waals surface area contributed by atoms with Gasteiger partial charge in [-0.2, -0.15) is 9.97 Å². The molecule has 0 saturated carbocycles. The minimum absolute atomic E-state index is 0.0984. The van der Waals surface area contributed by atoms with Crippen LogP contribution in [-0.4, -0.2) is 169 Å². The number of fused-ring (bicyclic) bond motifs is 4. The zero-order valence-electron chi connectivity index (χ0n) is 33.0. The predicted molar refractivity (Wildman–Crippen MR) is 209 cm³/mol. The number of nitrogens with two attached hydrogens (primary N) is 3. The molecular formula is C31H46N12O18P2. The number of amides is 1. The molecule has 0 aliphatic carbocycles. The van der Waals surface area contributed by atoms with Gasteiger partial charge in [0.2, 0.25) is 17.8 Å². The van der Waals surface area contributed by atoms with E-state index in [1.54, 1.807) is 0 Å². The summed E-state index contributed by atoms with van der Waals surface area (Å²) in [5.41, 5.74) is 14.8. The summed E-state index contributed by atoms with van der Waals surface area (Å²) >= 11 is 0. The number of carbonyl (C=O) groups is 1. The van der Waals surface area contributed by atoms with E-state index in [4.69, 9.17) is 63.7 Å². The fourth-order valence-electron chi connectivity index (χ4n) is 6.84. The largest absolute Gasteiger partial charge is 0.472 e. The molecule has 3 saturated heterocycles. The fourth-order valence-corrected chi connectivity index (χ4v) is 8.77. The third-order valence-corrected chi connectivity index (χ3v) is 11.6. The molecule has 4 unspecified atom stereocenters. The smallest absolute Gasteiger partial charge is 0.386 e. The first-order valence-corrected chi connectivity index (χ1v) is 22.2. The molecule has 7 heterocycles. The summed E-state index contributed by atoms with van der Waals surface area (Å²) in [4.78, 5) is 81.3. The number of carbonyl (C=O) groups excluding carboxylic acids is 1. The molecule has 0 bridgehead atoms. The molecule has 4 aromatic rings. The van der Waals surface area contributed by atoms with Gasteiger partial charge in [-0.05, 0) is 0 Å². The molecule has 0 spiro atoms. The van der Waals surface area contributed by atoms with Gasteiger partial charge in [0.05, 0.1) is 78.7 Å². The Kier molecular flexibility index (Phi) is 15.0. The zero-order chi connectivity index (χ0) is 44.9. The lowest BCUT2D eigenvalue weighted by Crippen LogP contribution is -2.48. The SMILES string of the molecule is NCCOCCOCCOCCOCCC(=O)N[C@H]1C2OP(=O)(O)OC[C@H]3O[C@@H](n4cnc5c(=O)[nH]c(N)nc54)[C@@H](O)C3OP(=O)(O)OC[C@H]2O[C@H]1n1cnc2c(=O)[nH]c(N)nc21. The van der Waals surface area contributed by atoms with Gasteiger partial charge in [0.1, 0.15) is 36.6 Å². The number of aromatic nitrogens is 8. The van der Waals surface area contributed by atoms with Crippen LogP contribution < -0.4 is 33.6 Å². The van der Waals surface area contributed by atoms with Gasteiger partial charge >= 0.3 is 15.6 Å². The Labute approximate surface area is 353 Å². The Balaban J connectivity index is 1.06. The van der Waals surface area contributed by atoms with Crippen LogP contribution in [0.4, 0.5) is 11.9 Å². The number of aliphatic hydroxyl groups excluding tert-OH is 1. The maximum absolute atomic E-state index is 13.7. The van der Waals surface area contributed by atoms with E-state index in [9.17, 15) is 38.4 Å². The Morgan fingerprint density at radius 3 is 1.76 bits per heavy atom. The van der Waals surface area contributed by atoms with Crippen LogP contribution >= 0.6 is 15.6 Å². The van der Waals surface area contributed by atoms with Gasteiger partial charge < -0.3 is 65.8 Å². The Morgan fingerprint density at radius 1 is 0.762 bits per heavy atom. The third kappa shape index (κ3) is 11.1. The molecule has 4 aromatic heterocycles. The molecule has 348 valence electrons. The molecule has 1 amide bonds. The maximum Gasteiger partial charge on any atom is 0.472 e. The summed E-state index contributed by atoms with van der Waals surface area (Å²) in [6.45, 7) is 0.664. The van der Waals surface area contributed by atoms with E-state index in [2.05, 4.69) is 35.2 Å². The standard InChI is InChI=1S/C31H46N12O18P2/c32-2-4-53-6-8-55-10-9-54-7-5-52-3-1-17(44)37-18-22-15(58-28(18)42-13-35-19-24(42)38-30(33)40-26(19)46)11-56-63(50,51)61-23-16(12-57-62(48,49)60-22)59-29(21(23)45)43-14-36-20-25(43)39-31(34)41-27(20)47/h13-16,18,21-23,28-29,45H,1-12,32H2,(H,37,44)(H,48,49)(H,50,51)(H3,33,38,40,46)(H3,34,39,41,47)/t15-,16-,18+,21+,22?,23?,28-,29-/m1/s1. The summed E-state index contributed by atoms with van der Waals surface area (Å²) in [5.74, 6) is -1.28. The van der Waals surface area contributed by atoms with Crippen LogP contribution in [0.3, 0.4) is 0 Å². The highest BCUT2D eigenvalue weighted by molar-refractivity contribution is 7.47. The molecule has 3 fully saturated rings. The summed E-state index contributed by atoms with van der Waals surface area (Å²) in [6, 6.07) is -1.46. The van der Waals surface area contributed by atoms with Gasteiger partial charge in [0, 0.05) is 13.0 Å². The van der Waals surface area contributed by atoms with Crippen molar-refractivity contribution in [2.24, 2.45) is 5.73 Å². The number of anilines is 2. The van der Waals surface area contributed by atoms with Crippen molar-refractivity contribution >= 4 is 55.8 Å². The van der Waals surface area contributed by atoms with Crippen molar-refractivity contribution in [2.75, 3.05) is 84.1 Å². The maximum atomic E-state index is 13.7. The number of aromatic amines is 2. The first-order chi connectivity index (χ1) is 30.1. The summed E-state index contributed by atoms with van der Waals surface area (Å²) in [7, 11) is -10.5. The second-order valence-corrected chi connectivity index (χ2v) is 16.7. The van der Waals surface area contributed by atoms with E-state index < -0.39 is 94.9 Å². The minimum Gasteiger partial charge on any atom is -0.386 e. The molecular weight excluding hydrogens is 890 g/mol. The van der Waals surface area contributed by atoms with Crippen LogP contribution in [0.15, 0.2) is 22.2 Å². The molecule has 10 atom stereocenters. The third-order valence-electron chi connectivity index (χ3n) is 9.59. The first kappa shape index (κ1) is 46.7. The van der Waals surface area contributed by atoms with E-state index in [0.717, 1.165) is 17.2 Å². The fraction of sp³-hybridized carbons (Fsp3) is 0.645. The normalized spacial score (nSPS) is 30.2. The number of aliphatic hydroxyl groups is 1. The lowest BCUT2D eigenvalue weighted by atomic mass is 10.1. The summed E-state index contributed by atoms with van der Waals surface area (Å²) in [6.07, 6.45) is -9.50. The number of hydrogen-bond acceptors (Lipinski definition) is 23. The predicted octanol–water partition coefficient (Wildman–Crippen LogP) is -3.51. The number of H-pyrrole nitrogens is 2. The topological polar surface area (TPSA) is 421 Å². The second-order valence-electron chi connectivity index (χ2n) is 13.9. The number of imidazole rings is 2. The quantitative estimate of drug-likeness (QED) is 0.0366. The van der Waals surface area contributed by atoms with Crippen LogP contribution in [0.25, 0.3) is 22.3 Å². The highest BCUT2D eigenvalue weighted by Gasteiger charge is 2.54. The van der Waals surface area contributed by atoms with E-state index in [-0.39, 0.29) is 67.1 Å². The van der Waals surface area contributed by atoms with Crippen LogP contribution in [0, 0.1) is 0 Å². The van der Waals surface area contributed by atoms with Crippen LogP contribution in [0.5, 0.6) is 0 Å². The van der Waals surface area contributed by atoms with Gasteiger partial charge in [0.15, 0.2) is 34.8 Å². The molecule has 7 rings (SSSR count). The molecule has 3 aliphatic rings. The van der Waals surface area contributed by atoms with E-state index in [0.29, 0.717) is 33.0 Å². The zero-order valence-corrected chi connectivity index (χ0v) is 34.8. The van der Waals surface area contributed by atoms with Crippen molar-refractivity contribution in [3.63, 3.8) is 0 Å². The van der Waals surface area contributed by atoms with Crippen molar-refractivity contribution in [1.29, 1.82) is 0 Å². The lowest BCUT2D eigenvalue weighted by molar-refractivity contribution is -0.124. The van der Waals surface area contributed by atoms with Crippen molar-refractivity contribution in [2.45, 2.75) is 55.4 Å². The van der Waals surface area contributed by atoms with Crippen molar-refractivity contribution in [3.05, 3.63) is 33.4 Å². The van der Waals surface area contributed by atoms with Crippen molar-refractivity contribution < 1.29 is 75.3 Å². The van der Waals surface area contributed by atoms with Crippen molar-refractivity contribution in [3.8, 4) is 0 Å². The van der Waals surface area contributed by atoms with Crippen LogP contribution in [0.1, 0.15) is 18.9 Å². The van der Waals surface area contributed by atoms with Gasteiger partial charge in [-0.1, -0.05) is 0 Å². The monoisotopic (exact) mass is 936 g/mol. The molecule has 63 heavy (non-hydrogen) atoms. The van der Waals surface area contributed by atoms with Crippen LogP contribution in [-0.2, 0) is 60.4 Å². The number of hydrogen-bond donors (Lipinski definition) is 9. The molecule has 12 N–H and O–H groups in total. The number of nitrogen functional groups attached to an aromatic ring is 2. The first-order valence-electron chi connectivity index (χ1n) is 19.2. The van der Waals surface area contributed by atoms with E-state index in [1.807, 2.05) is 0 Å². The average Bonchev–Trinajstić information content (AvgIpc) is 3.99. The van der Waals surface area contributed by atoms with E-state index >= 15 is 0 Å². The molecule has 30 nitrogen and oxygen atoms in total. The summed E-state index contributed by atoms with van der Waals surface area (Å²) < 4.78 is 84.7. The van der Waals surface area contributed by atoms with E-state index in [1.165, 1.54) is 4.57 Å². The highest BCUT2D eigenvalue weighted by atomic mass is 31.2. The number of nitrogens with one attached hydrogen (secondary N) is 3.